The van der Waals surface area contributed by atoms with Crippen molar-refractivity contribution in [1.82, 2.24) is 9.88 Å². The molecular weight excluding hydrogens is 520 g/mol. The number of aryl methyl sites for hydroxylation is 1. The number of rotatable bonds is 5. The lowest BCUT2D eigenvalue weighted by molar-refractivity contribution is -0.122. The van der Waals surface area contributed by atoms with E-state index in [9.17, 15) is 14.4 Å². The second-order valence-electron chi connectivity index (χ2n) is 8.99. The van der Waals surface area contributed by atoms with Crippen LogP contribution in [0.3, 0.4) is 0 Å². The minimum absolute atomic E-state index is 0.0160. The largest absolute Gasteiger partial charge is 0.337 e. The standard InChI is InChI=1S/C29H23ClN4O3S/c1-17-10-12-20(13-11-17)31-26(35)16-33-15-19(21-6-3-4-8-25(21)33)14-22-27(36)32-29(38)34(28(22)37)24-9-5-7-23(30)18(24)2/h3-15H,16H2,1-2H3,(H,31,35)(H,32,36,38)/b22-14+. The SMILES string of the molecule is Cc1ccc(NC(=O)Cn2cc(/C=C3\C(=O)NC(=S)N(c4cccc(Cl)c4C)C3=O)c3ccccc32)cc1. The summed E-state index contributed by atoms with van der Waals surface area (Å²) >= 11 is 11.6. The Morgan fingerprint density at radius 1 is 1.03 bits per heavy atom. The van der Waals surface area contributed by atoms with Gasteiger partial charge in [-0.05, 0) is 68.0 Å². The first-order chi connectivity index (χ1) is 18.2. The normalized spacial score (nSPS) is 14.8. The molecule has 1 aliphatic heterocycles. The lowest BCUT2D eigenvalue weighted by atomic mass is 10.1. The fraction of sp³-hybridized carbons (Fsp3) is 0.103. The molecule has 0 saturated carbocycles. The van der Waals surface area contributed by atoms with Crippen molar-refractivity contribution in [2.45, 2.75) is 20.4 Å². The minimum Gasteiger partial charge on any atom is -0.337 e. The number of hydrogen-bond acceptors (Lipinski definition) is 4. The number of aromatic nitrogens is 1. The van der Waals surface area contributed by atoms with Crippen LogP contribution in [0.4, 0.5) is 11.4 Å². The number of carbonyl (C=O) groups excluding carboxylic acids is 3. The maximum Gasteiger partial charge on any atom is 0.270 e. The van der Waals surface area contributed by atoms with E-state index in [1.807, 2.05) is 55.5 Å². The van der Waals surface area contributed by atoms with Gasteiger partial charge in [-0.15, -0.1) is 0 Å². The summed E-state index contributed by atoms with van der Waals surface area (Å²) in [4.78, 5) is 40.5. The number of amides is 3. The van der Waals surface area contributed by atoms with Crippen LogP contribution in [0.5, 0.6) is 0 Å². The molecule has 38 heavy (non-hydrogen) atoms. The number of carbonyl (C=O) groups is 3. The van der Waals surface area contributed by atoms with Crippen molar-refractivity contribution >= 4 is 75.0 Å². The number of para-hydroxylation sites is 1. The molecule has 0 unspecified atom stereocenters. The lowest BCUT2D eigenvalue weighted by Gasteiger charge is -2.30. The van der Waals surface area contributed by atoms with Gasteiger partial charge < -0.3 is 9.88 Å². The van der Waals surface area contributed by atoms with Crippen LogP contribution in [0.15, 0.2) is 78.5 Å². The van der Waals surface area contributed by atoms with Crippen molar-refractivity contribution in [2.24, 2.45) is 0 Å². The Balaban J connectivity index is 1.49. The minimum atomic E-state index is -0.593. The van der Waals surface area contributed by atoms with Crippen molar-refractivity contribution in [3.63, 3.8) is 0 Å². The highest BCUT2D eigenvalue weighted by atomic mass is 35.5. The van der Waals surface area contributed by atoms with Crippen LogP contribution in [-0.4, -0.2) is 27.4 Å². The first kappa shape index (κ1) is 25.4. The number of nitrogens with one attached hydrogen (secondary N) is 2. The number of fused-ring (bicyclic) bond motifs is 1. The summed E-state index contributed by atoms with van der Waals surface area (Å²) in [5.41, 5.74) is 4.30. The number of benzene rings is 3. The van der Waals surface area contributed by atoms with Crippen molar-refractivity contribution in [2.75, 3.05) is 10.2 Å². The second-order valence-corrected chi connectivity index (χ2v) is 9.78. The van der Waals surface area contributed by atoms with E-state index in [2.05, 4.69) is 10.6 Å². The molecule has 0 radical (unpaired) electrons. The van der Waals surface area contributed by atoms with Crippen LogP contribution in [-0.2, 0) is 20.9 Å². The van der Waals surface area contributed by atoms with Crippen molar-refractivity contribution in [3.8, 4) is 0 Å². The van der Waals surface area contributed by atoms with Crippen molar-refractivity contribution in [1.29, 1.82) is 0 Å². The summed E-state index contributed by atoms with van der Waals surface area (Å²) in [5.74, 6) is -1.35. The summed E-state index contributed by atoms with van der Waals surface area (Å²) in [6.45, 7) is 3.81. The Labute approximate surface area is 229 Å². The first-order valence-corrected chi connectivity index (χ1v) is 12.6. The molecule has 1 aromatic heterocycles. The molecule has 1 aliphatic rings. The van der Waals surface area contributed by atoms with Gasteiger partial charge in [0.25, 0.3) is 11.8 Å². The van der Waals surface area contributed by atoms with E-state index in [1.54, 1.807) is 35.9 Å². The highest BCUT2D eigenvalue weighted by Gasteiger charge is 2.35. The number of hydrogen-bond donors (Lipinski definition) is 2. The zero-order valence-corrected chi connectivity index (χ0v) is 22.2. The van der Waals surface area contributed by atoms with Gasteiger partial charge in [0, 0.05) is 33.4 Å². The molecule has 0 spiro atoms. The third-order valence-corrected chi connectivity index (χ3v) is 7.04. The summed E-state index contributed by atoms with van der Waals surface area (Å²) in [5, 5.41) is 6.77. The van der Waals surface area contributed by atoms with E-state index in [1.165, 1.54) is 11.0 Å². The van der Waals surface area contributed by atoms with E-state index in [4.69, 9.17) is 23.8 Å². The number of nitrogens with zero attached hydrogens (tertiary/aromatic N) is 2. The Morgan fingerprint density at radius 2 is 1.76 bits per heavy atom. The average Bonchev–Trinajstić information content (AvgIpc) is 3.22. The summed E-state index contributed by atoms with van der Waals surface area (Å²) in [6, 6.07) is 20.2. The van der Waals surface area contributed by atoms with Crippen LogP contribution in [0.25, 0.3) is 17.0 Å². The molecule has 1 fully saturated rings. The summed E-state index contributed by atoms with van der Waals surface area (Å²) in [6.07, 6.45) is 3.29. The van der Waals surface area contributed by atoms with Crippen LogP contribution in [0.1, 0.15) is 16.7 Å². The third kappa shape index (κ3) is 4.83. The van der Waals surface area contributed by atoms with Crippen LogP contribution in [0.2, 0.25) is 5.02 Å². The van der Waals surface area contributed by atoms with Crippen LogP contribution in [0, 0.1) is 13.8 Å². The zero-order valence-electron chi connectivity index (χ0n) is 20.6. The maximum atomic E-state index is 13.6. The Bertz CT molecular complexity index is 1660. The predicted octanol–water partition coefficient (Wildman–Crippen LogP) is 5.38. The number of anilines is 2. The predicted molar refractivity (Wildman–Crippen MR) is 154 cm³/mol. The molecule has 2 N–H and O–H groups in total. The Morgan fingerprint density at radius 3 is 2.53 bits per heavy atom. The van der Waals surface area contributed by atoms with Crippen molar-refractivity contribution in [3.05, 3.63) is 100 Å². The highest BCUT2D eigenvalue weighted by Crippen LogP contribution is 2.31. The van der Waals surface area contributed by atoms with Crippen molar-refractivity contribution < 1.29 is 14.4 Å². The average molecular weight is 543 g/mol. The monoisotopic (exact) mass is 542 g/mol. The van der Waals surface area contributed by atoms with E-state index < -0.39 is 11.8 Å². The summed E-state index contributed by atoms with van der Waals surface area (Å²) in [7, 11) is 0. The molecule has 2 heterocycles. The van der Waals surface area contributed by atoms with Gasteiger partial charge in [0.05, 0.1) is 5.69 Å². The van der Waals surface area contributed by atoms with Gasteiger partial charge in [0.1, 0.15) is 12.1 Å². The van der Waals surface area contributed by atoms with E-state index in [0.29, 0.717) is 27.5 Å². The van der Waals surface area contributed by atoms with Gasteiger partial charge in [-0.2, -0.15) is 0 Å². The topological polar surface area (TPSA) is 83.4 Å². The molecule has 3 aromatic carbocycles. The van der Waals surface area contributed by atoms with Gasteiger partial charge in [-0.1, -0.05) is 53.6 Å². The van der Waals surface area contributed by atoms with Gasteiger partial charge in [-0.25, -0.2) is 0 Å². The van der Waals surface area contributed by atoms with Gasteiger partial charge in [0.2, 0.25) is 5.91 Å². The number of thiocarbonyl (C=S) groups is 1. The molecule has 7 nitrogen and oxygen atoms in total. The molecule has 9 heteroatoms. The molecule has 3 amide bonds. The molecule has 190 valence electrons. The second kappa shape index (κ2) is 10.2. The summed E-state index contributed by atoms with van der Waals surface area (Å²) < 4.78 is 1.79. The van der Waals surface area contributed by atoms with Gasteiger partial charge in [-0.3, -0.25) is 24.6 Å². The molecule has 0 aliphatic carbocycles. The Hall–Kier alpha value is -4.27. The molecule has 5 rings (SSSR count). The van der Waals surface area contributed by atoms with E-state index in [0.717, 1.165) is 16.5 Å². The Kier molecular flexibility index (Phi) is 6.84. The van der Waals surface area contributed by atoms with Crippen LogP contribution >= 0.6 is 23.8 Å². The van der Waals surface area contributed by atoms with Gasteiger partial charge >= 0.3 is 0 Å². The van der Waals surface area contributed by atoms with E-state index >= 15 is 0 Å². The molecule has 0 bridgehead atoms. The van der Waals surface area contributed by atoms with Gasteiger partial charge in [0.15, 0.2) is 5.11 Å². The molecule has 4 aromatic rings. The third-order valence-electron chi connectivity index (χ3n) is 6.35. The number of halogens is 1. The molecule has 1 saturated heterocycles. The van der Waals surface area contributed by atoms with E-state index in [-0.39, 0.29) is 23.1 Å². The fourth-order valence-electron chi connectivity index (χ4n) is 4.38. The first-order valence-electron chi connectivity index (χ1n) is 11.8. The zero-order chi connectivity index (χ0) is 27.0. The molecule has 0 atom stereocenters. The quantitative estimate of drug-likeness (QED) is 0.201. The molecular formula is C29H23ClN4O3S. The fourth-order valence-corrected chi connectivity index (χ4v) is 4.83. The maximum absolute atomic E-state index is 13.6. The van der Waals surface area contributed by atoms with Crippen LogP contribution < -0.4 is 15.5 Å². The smallest absolute Gasteiger partial charge is 0.270 e. The highest BCUT2D eigenvalue weighted by molar-refractivity contribution is 7.80. The lowest BCUT2D eigenvalue weighted by Crippen LogP contribution is -2.54.